The molecule has 0 aliphatic rings. The molecule has 0 unspecified atom stereocenters. The summed E-state index contributed by atoms with van der Waals surface area (Å²) in [6.45, 7) is 4.30. The molecular weight excluding hydrogens is 468 g/mol. The summed E-state index contributed by atoms with van der Waals surface area (Å²) in [7, 11) is -3.73. The van der Waals surface area contributed by atoms with Crippen LogP contribution in [0.4, 0.5) is 0 Å². The van der Waals surface area contributed by atoms with Crippen molar-refractivity contribution < 1.29 is 13.2 Å². The Bertz CT molecular complexity index is 1540. The first-order valence-electron chi connectivity index (χ1n) is 11.0. The number of benzene rings is 2. The molecule has 0 atom stereocenters. The Balaban J connectivity index is 1.38. The highest BCUT2D eigenvalue weighted by Crippen LogP contribution is 2.15. The van der Waals surface area contributed by atoms with E-state index in [1.165, 1.54) is 22.9 Å². The topological polar surface area (TPSA) is 142 Å². The monoisotopic (exact) mass is 494 g/mol. The molecule has 0 fully saturated rings. The maximum absolute atomic E-state index is 13.0. The Labute approximate surface area is 202 Å². The zero-order chi connectivity index (χ0) is 25.2. The number of nitrogens with one attached hydrogen (secondary N) is 1. The molecule has 2 aromatic carbocycles. The van der Waals surface area contributed by atoms with E-state index in [-0.39, 0.29) is 29.3 Å². The number of carbonyl (C=O) groups excluding carboxylic acids is 1. The van der Waals surface area contributed by atoms with Gasteiger partial charge < -0.3 is 5.32 Å². The fourth-order valence-corrected chi connectivity index (χ4v) is 4.25. The first kappa shape index (κ1) is 24.3. The zero-order valence-electron chi connectivity index (χ0n) is 19.4. The summed E-state index contributed by atoms with van der Waals surface area (Å²) in [5.74, 6) is 0.298. The van der Waals surface area contributed by atoms with Crippen LogP contribution < -0.4 is 16.0 Å². The number of primary sulfonamides is 1. The highest BCUT2D eigenvalue weighted by molar-refractivity contribution is 7.89. The number of fused-ring (bicyclic) bond motifs is 1. The van der Waals surface area contributed by atoms with Crippen LogP contribution in [-0.4, -0.2) is 40.2 Å². The van der Waals surface area contributed by atoms with E-state index >= 15 is 0 Å². The molecule has 0 aliphatic heterocycles. The molecule has 11 heteroatoms. The average molecular weight is 495 g/mol. The summed E-state index contributed by atoms with van der Waals surface area (Å²) < 4.78 is 25.8. The molecule has 1 amide bonds. The van der Waals surface area contributed by atoms with Crippen molar-refractivity contribution in [3.05, 3.63) is 82.0 Å². The molecule has 2 aromatic heterocycles. The Morgan fingerprint density at radius 3 is 2.40 bits per heavy atom. The number of hydrogen-bond acceptors (Lipinski definition) is 6. The van der Waals surface area contributed by atoms with E-state index < -0.39 is 10.0 Å². The third kappa shape index (κ3) is 5.47. The number of hydrogen-bond donors (Lipinski definition) is 2. The first-order chi connectivity index (χ1) is 16.6. The van der Waals surface area contributed by atoms with Crippen LogP contribution in [0.25, 0.3) is 16.7 Å². The first-order valence-corrected chi connectivity index (χ1v) is 12.6. The highest BCUT2D eigenvalue weighted by Gasteiger charge is 2.15. The molecule has 10 nitrogen and oxygen atoms in total. The maximum Gasteiger partial charge on any atom is 0.264 e. The van der Waals surface area contributed by atoms with Crippen LogP contribution in [-0.2, 0) is 27.8 Å². The number of nitrogens with zero attached hydrogens (tertiary/aromatic N) is 4. The third-order valence-corrected chi connectivity index (χ3v) is 6.64. The summed E-state index contributed by atoms with van der Waals surface area (Å²) >= 11 is 0. The number of aryl methyl sites for hydroxylation is 2. The predicted octanol–water partition coefficient (Wildman–Crippen LogP) is 1.60. The van der Waals surface area contributed by atoms with Crippen LogP contribution in [0, 0.1) is 13.8 Å². The van der Waals surface area contributed by atoms with Gasteiger partial charge in [0.1, 0.15) is 11.2 Å². The van der Waals surface area contributed by atoms with Gasteiger partial charge in [-0.1, -0.05) is 29.8 Å². The minimum absolute atomic E-state index is 0.0427. The predicted molar refractivity (Wildman–Crippen MR) is 132 cm³/mol. The van der Waals surface area contributed by atoms with Gasteiger partial charge in [-0.05, 0) is 50.1 Å². The summed E-state index contributed by atoms with van der Waals surface area (Å²) in [4.78, 5) is 30.0. The van der Waals surface area contributed by atoms with Crippen LogP contribution in [0.2, 0.25) is 0 Å². The molecule has 0 spiro atoms. The number of amides is 1. The lowest BCUT2D eigenvalue weighted by Crippen LogP contribution is -2.30. The normalized spacial score (nSPS) is 11.6. The number of nitrogens with two attached hydrogens (primary N) is 1. The van der Waals surface area contributed by atoms with Crippen molar-refractivity contribution in [2.24, 2.45) is 5.14 Å². The van der Waals surface area contributed by atoms with Crippen molar-refractivity contribution in [3.8, 4) is 5.69 Å². The number of aromatic nitrogens is 4. The maximum atomic E-state index is 13.0. The molecule has 0 aliphatic carbocycles. The smallest absolute Gasteiger partial charge is 0.264 e. The fraction of sp³-hybridized carbons (Fsp3) is 0.250. The lowest BCUT2D eigenvalue weighted by Gasteiger charge is -2.11. The molecule has 0 radical (unpaired) electrons. The second kappa shape index (κ2) is 9.80. The minimum Gasteiger partial charge on any atom is -0.356 e. The van der Waals surface area contributed by atoms with Gasteiger partial charge in [-0.2, -0.15) is 5.10 Å². The zero-order valence-corrected chi connectivity index (χ0v) is 20.2. The van der Waals surface area contributed by atoms with Crippen molar-refractivity contribution in [3.63, 3.8) is 0 Å². The summed E-state index contributed by atoms with van der Waals surface area (Å²) in [5, 5.41) is 12.6. The van der Waals surface area contributed by atoms with Crippen molar-refractivity contribution in [1.29, 1.82) is 0 Å². The molecule has 182 valence electrons. The van der Waals surface area contributed by atoms with Crippen LogP contribution in [0.15, 0.2) is 64.4 Å². The SMILES string of the molecule is Cc1ccc(-n2ncc3c(=O)n(CCC(=O)NCCc4ccc(S(N)(=O)=O)cc4)c(C)nc32)cc1. The van der Waals surface area contributed by atoms with Gasteiger partial charge in [0.25, 0.3) is 5.56 Å². The Kier molecular flexibility index (Phi) is 6.81. The molecule has 4 aromatic rings. The van der Waals surface area contributed by atoms with Gasteiger partial charge >= 0.3 is 0 Å². The van der Waals surface area contributed by atoms with Gasteiger partial charge in [0.05, 0.1) is 16.8 Å². The van der Waals surface area contributed by atoms with E-state index in [9.17, 15) is 18.0 Å². The van der Waals surface area contributed by atoms with Gasteiger partial charge in [0, 0.05) is 19.5 Å². The average Bonchev–Trinajstić information content (AvgIpc) is 3.23. The standard InChI is InChI=1S/C24H26N6O4S/c1-16-3-7-19(8-4-16)30-23-21(15-27-30)24(32)29(17(2)28-23)14-12-22(31)26-13-11-18-5-9-20(10-6-18)35(25,33)34/h3-10,15H,11-14H2,1-2H3,(H,26,31)(H2,25,33,34). The third-order valence-electron chi connectivity index (χ3n) is 5.71. The van der Waals surface area contributed by atoms with E-state index in [1.807, 2.05) is 31.2 Å². The molecular formula is C24H26N6O4S. The fourth-order valence-electron chi connectivity index (χ4n) is 3.74. The Morgan fingerprint density at radius 2 is 1.74 bits per heavy atom. The number of rotatable bonds is 8. The van der Waals surface area contributed by atoms with Crippen LogP contribution in [0.5, 0.6) is 0 Å². The van der Waals surface area contributed by atoms with Gasteiger partial charge in [-0.15, -0.1) is 0 Å². The largest absolute Gasteiger partial charge is 0.356 e. The van der Waals surface area contributed by atoms with Gasteiger partial charge in [-0.3, -0.25) is 14.2 Å². The van der Waals surface area contributed by atoms with Crippen molar-refractivity contribution in [1.82, 2.24) is 24.6 Å². The minimum atomic E-state index is -3.73. The Hall–Kier alpha value is -3.83. The van der Waals surface area contributed by atoms with Gasteiger partial charge in [0.2, 0.25) is 15.9 Å². The van der Waals surface area contributed by atoms with E-state index in [0.717, 1.165) is 16.8 Å². The van der Waals surface area contributed by atoms with E-state index in [0.29, 0.717) is 29.8 Å². The van der Waals surface area contributed by atoms with E-state index in [2.05, 4.69) is 15.4 Å². The van der Waals surface area contributed by atoms with Gasteiger partial charge in [-0.25, -0.2) is 23.2 Å². The highest BCUT2D eigenvalue weighted by atomic mass is 32.2. The van der Waals surface area contributed by atoms with Crippen LogP contribution in [0.3, 0.4) is 0 Å². The van der Waals surface area contributed by atoms with Crippen LogP contribution in [0.1, 0.15) is 23.4 Å². The van der Waals surface area contributed by atoms with E-state index in [4.69, 9.17) is 5.14 Å². The second-order valence-corrected chi connectivity index (χ2v) is 9.85. The lowest BCUT2D eigenvalue weighted by molar-refractivity contribution is -0.121. The lowest BCUT2D eigenvalue weighted by atomic mass is 10.1. The van der Waals surface area contributed by atoms with Crippen molar-refractivity contribution in [2.75, 3.05) is 6.54 Å². The quantitative estimate of drug-likeness (QED) is 0.381. The molecule has 0 bridgehead atoms. The molecule has 2 heterocycles. The Morgan fingerprint density at radius 1 is 1.06 bits per heavy atom. The van der Waals surface area contributed by atoms with Crippen molar-refractivity contribution in [2.45, 2.75) is 38.1 Å². The molecule has 3 N–H and O–H groups in total. The van der Waals surface area contributed by atoms with Crippen LogP contribution >= 0.6 is 0 Å². The summed E-state index contributed by atoms with van der Waals surface area (Å²) in [6, 6.07) is 14.0. The van der Waals surface area contributed by atoms with Crippen molar-refractivity contribution >= 4 is 27.0 Å². The van der Waals surface area contributed by atoms with Gasteiger partial charge in [0.15, 0.2) is 5.65 Å². The second-order valence-electron chi connectivity index (χ2n) is 8.28. The molecule has 35 heavy (non-hydrogen) atoms. The molecule has 4 rings (SSSR count). The molecule has 0 saturated carbocycles. The summed E-state index contributed by atoms with van der Waals surface area (Å²) in [5.41, 5.74) is 3.03. The van der Waals surface area contributed by atoms with E-state index in [1.54, 1.807) is 23.7 Å². The number of sulfonamides is 1. The summed E-state index contributed by atoms with van der Waals surface area (Å²) in [6.07, 6.45) is 2.15. The molecule has 0 saturated heterocycles. The number of carbonyl (C=O) groups is 1.